The van der Waals surface area contributed by atoms with Gasteiger partial charge in [-0.25, -0.2) is 4.98 Å². The van der Waals surface area contributed by atoms with Crippen molar-refractivity contribution in [1.82, 2.24) is 4.98 Å². The molecule has 3 rings (SSSR count). The fourth-order valence-electron chi connectivity index (χ4n) is 1.94. The maximum absolute atomic E-state index is 12.2. The van der Waals surface area contributed by atoms with Gasteiger partial charge in [-0.1, -0.05) is 39.4 Å². The molecule has 0 radical (unpaired) electrons. The Morgan fingerprint density at radius 3 is 2.86 bits per heavy atom. The number of amides is 1. The molecule has 0 fully saturated rings. The highest BCUT2D eigenvalue weighted by atomic mass is 79.9. The predicted molar refractivity (Wildman–Crippen MR) is 88.3 cm³/mol. The van der Waals surface area contributed by atoms with Gasteiger partial charge in [0, 0.05) is 10.0 Å². The van der Waals surface area contributed by atoms with Gasteiger partial charge in [0.1, 0.15) is 11.3 Å². The van der Waals surface area contributed by atoms with E-state index in [4.69, 9.17) is 4.74 Å². The van der Waals surface area contributed by atoms with E-state index in [1.165, 1.54) is 11.3 Å². The lowest BCUT2D eigenvalue weighted by molar-refractivity contribution is 0.102. The lowest BCUT2D eigenvalue weighted by Crippen LogP contribution is -2.11. The van der Waals surface area contributed by atoms with Crippen molar-refractivity contribution in [1.29, 1.82) is 0 Å². The Morgan fingerprint density at radius 2 is 2.10 bits per heavy atom. The van der Waals surface area contributed by atoms with E-state index in [0.29, 0.717) is 16.4 Å². The van der Waals surface area contributed by atoms with Gasteiger partial charge < -0.3 is 4.74 Å². The molecule has 0 aliphatic heterocycles. The van der Waals surface area contributed by atoms with Crippen LogP contribution in [0, 0.1) is 0 Å². The number of fused-ring (bicyclic) bond motifs is 1. The molecular formula is C15H11BrN2O2S. The lowest BCUT2D eigenvalue weighted by atomic mass is 10.2. The van der Waals surface area contributed by atoms with Crippen LogP contribution in [0.5, 0.6) is 5.75 Å². The van der Waals surface area contributed by atoms with Gasteiger partial charge in [-0.05, 0) is 30.3 Å². The molecule has 0 aliphatic carbocycles. The molecule has 0 saturated carbocycles. The first-order valence-electron chi connectivity index (χ1n) is 6.18. The molecule has 0 saturated heterocycles. The van der Waals surface area contributed by atoms with Crippen molar-refractivity contribution in [3.8, 4) is 5.75 Å². The Kier molecular flexibility index (Phi) is 3.90. The van der Waals surface area contributed by atoms with E-state index in [1.54, 1.807) is 19.2 Å². The van der Waals surface area contributed by atoms with Crippen molar-refractivity contribution in [2.24, 2.45) is 0 Å². The summed E-state index contributed by atoms with van der Waals surface area (Å²) in [6.45, 7) is 0. The van der Waals surface area contributed by atoms with Crippen LogP contribution in [-0.4, -0.2) is 18.0 Å². The molecule has 1 heterocycles. The van der Waals surface area contributed by atoms with Crippen LogP contribution >= 0.6 is 27.3 Å². The number of para-hydroxylation sites is 1. The molecule has 6 heteroatoms. The molecule has 4 nitrogen and oxygen atoms in total. The van der Waals surface area contributed by atoms with Gasteiger partial charge in [0.05, 0.1) is 11.8 Å². The van der Waals surface area contributed by atoms with Crippen LogP contribution in [0.1, 0.15) is 10.4 Å². The highest BCUT2D eigenvalue weighted by molar-refractivity contribution is 9.10. The van der Waals surface area contributed by atoms with Crippen molar-refractivity contribution >= 4 is 48.5 Å². The number of hydrogen-bond acceptors (Lipinski definition) is 4. The lowest BCUT2D eigenvalue weighted by Gasteiger charge is -2.01. The highest BCUT2D eigenvalue weighted by Crippen LogP contribution is 2.32. The summed E-state index contributed by atoms with van der Waals surface area (Å²) in [5.74, 6) is 0.515. The third-order valence-corrected chi connectivity index (χ3v) is 4.34. The van der Waals surface area contributed by atoms with Gasteiger partial charge in [-0.3, -0.25) is 10.1 Å². The predicted octanol–water partition coefficient (Wildman–Crippen LogP) is 4.32. The Hall–Kier alpha value is -1.92. The van der Waals surface area contributed by atoms with Gasteiger partial charge in [-0.15, -0.1) is 0 Å². The van der Waals surface area contributed by atoms with E-state index >= 15 is 0 Å². The maximum Gasteiger partial charge on any atom is 0.257 e. The fourth-order valence-corrected chi connectivity index (χ4v) is 3.22. The second kappa shape index (κ2) is 5.83. The van der Waals surface area contributed by atoms with E-state index in [0.717, 1.165) is 14.7 Å². The van der Waals surface area contributed by atoms with Gasteiger partial charge in [0.15, 0.2) is 5.13 Å². The molecule has 21 heavy (non-hydrogen) atoms. The Labute approximate surface area is 133 Å². The third kappa shape index (κ3) is 2.91. The molecule has 0 unspecified atom stereocenters. The van der Waals surface area contributed by atoms with Crippen LogP contribution in [0.4, 0.5) is 5.13 Å². The van der Waals surface area contributed by atoms with Gasteiger partial charge in [0.25, 0.3) is 5.91 Å². The number of ether oxygens (including phenoxy) is 1. The normalized spacial score (nSPS) is 10.6. The van der Waals surface area contributed by atoms with E-state index in [-0.39, 0.29) is 5.91 Å². The Bertz CT molecular complexity index is 816. The molecule has 0 atom stereocenters. The minimum atomic E-state index is -0.186. The third-order valence-electron chi connectivity index (χ3n) is 2.91. The first-order chi connectivity index (χ1) is 10.2. The first-order valence-corrected chi connectivity index (χ1v) is 7.79. The molecule has 106 valence electrons. The summed E-state index contributed by atoms with van der Waals surface area (Å²) in [4.78, 5) is 16.6. The average Bonchev–Trinajstić information content (AvgIpc) is 2.89. The summed E-state index contributed by atoms with van der Waals surface area (Å²) in [6.07, 6.45) is 0. The topological polar surface area (TPSA) is 51.2 Å². The zero-order chi connectivity index (χ0) is 14.8. The summed E-state index contributed by atoms with van der Waals surface area (Å²) in [5, 5.41) is 3.37. The smallest absolute Gasteiger partial charge is 0.257 e. The number of nitrogens with zero attached hydrogens (tertiary/aromatic N) is 1. The summed E-state index contributed by atoms with van der Waals surface area (Å²) < 4.78 is 7.10. The molecule has 3 aromatic rings. The minimum absolute atomic E-state index is 0.186. The molecule has 2 aromatic carbocycles. The number of methoxy groups -OCH3 is 1. The van der Waals surface area contributed by atoms with Crippen LogP contribution in [-0.2, 0) is 0 Å². The number of halogens is 1. The molecule has 0 aliphatic rings. The van der Waals surface area contributed by atoms with Crippen molar-refractivity contribution < 1.29 is 9.53 Å². The maximum atomic E-state index is 12.2. The number of thiazole rings is 1. The van der Waals surface area contributed by atoms with Crippen LogP contribution in [0.2, 0.25) is 0 Å². The second-order valence-electron chi connectivity index (χ2n) is 4.29. The SMILES string of the molecule is COc1cccc2sc(NC(=O)c3cccc(Br)c3)nc12. The van der Waals surface area contributed by atoms with Crippen LogP contribution in [0.3, 0.4) is 0 Å². The number of carbonyl (C=O) groups is 1. The number of hydrogen-bond donors (Lipinski definition) is 1. The molecular weight excluding hydrogens is 352 g/mol. The number of benzene rings is 2. The molecule has 1 amide bonds. The highest BCUT2D eigenvalue weighted by Gasteiger charge is 2.12. The summed E-state index contributed by atoms with van der Waals surface area (Å²) >= 11 is 4.77. The largest absolute Gasteiger partial charge is 0.494 e. The summed E-state index contributed by atoms with van der Waals surface area (Å²) in [7, 11) is 1.61. The Morgan fingerprint density at radius 1 is 1.29 bits per heavy atom. The minimum Gasteiger partial charge on any atom is -0.494 e. The Balaban J connectivity index is 1.90. The fraction of sp³-hybridized carbons (Fsp3) is 0.0667. The zero-order valence-corrected chi connectivity index (χ0v) is 13.5. The number of nitrogens with one attached hydrogen (secondary N) is 1. The number of aromatic nitrogens is 1. The van der Waals surface area contributed by atoms with Crippen LogP contribution < -0.4 is 10.1 Å². The van der Waals surface area contributed by atoms with E-state index in [1.807, 2.05) is 30.3 Å². The summed E-state index contributed by atoms with van der Waals surface area (Å²) in [5.41, 5.74) is 1.34. The monoisotopic (exact) mass is 362 g/mol. The molecule has 1 N–H and O–H groups in total. The van der Waals surface area contributed by atoms with Gasteiger partial charge in [0.2, 0.25) is 0 Å². The van der Waals surface area contributed by atoms with Crippen molar-refractivity contribution in [2.75, 3.05) is 12.4 Å². The van der Waals surface area contributed by atoms with Crippen molar-refractivity contribution in [2.45, 2.75) is 0 Å². The number of carbonyl (C=O) groups excluding carboxylic acids is 1. The van der Waals surface area contributed by atoms with E-state index < -0.39 is 0 Å². The average molecular weight is 363 g/mol. The molecule has 1 aromatic heterocycles. The van der Waals surface area contributed by atoms with E-state index in [2.05, 4.69) is 26.2 Å². The zero-order valence-electron chi connectivity index (χ0n) is 11.1. The second-order valence-corrected chi connectivity index (χ2v) is 6.24. The van der Waals surface area contributed by atoms with E-state index in [9.17, 15) is 4.79 Å². The first kappa shape index (κ1) is 14.0. The van der Waals surface area contributed by atoms with Crippen LogP contribution in [0.25, 0.3) is 10.2 Å². The number of anilines is 1. The number of rotatable bonds is 3. The molecule has 0 bridgehead atoms. The quantitative estimate of drug-likeness (QED) is 0.754. The van der Waals surface area contributed by atoms with Crippen molar-refractivity contribution in [3.05, 3.63) is 52.5 Å². The van der Waals surface area contributed by atoms with Gasteiger partial charge in [-0.2, -0.15) is 0 Å². The van der Waals surface area contributed by atoms with Crippen LogP contribution in [0.15, 0.2) is 46.9 Å². The standard InChI is InChI=1S/C15H11BrN2O2S/c1-20-11-6-3-7-12-13(11)17-15(21-12)18-14(19)9-4-2-5-10(16)8-9/h2-8H,1H3,(H,17,18,19). The van der Waals surface area contributed by atoms with Crippen molar-refractivity contribution in [3.63, 3.8) is 0 Å². The molecule has 0 spiro atoms. The summed E-state index contributed by atoms with van der Waals surface area (Å²) in [6, 6.07) is 12.9. The van der Waals surface area contributed by atoms with Gasteiger partial charge >= 0.3 is 0 Å².